The quantitative estimate of drug-likeness (QED) is 0.775. The molecule has 6 heteroatoms. The van der Waals surface area contributed by atoms with Crippen molar-refractivity contribution in [1.29, 1.82) is 0 Å². The molecule has 2 N–H and O–H groups in total. The van der Waals surface area contributed by atoms with Crippen LogP contribution in [0.1, 0.15) is 57.2 Å². The molecule has 1 saturated heterocycles. The van der Waals surface area contributed by atoms with E-state index in [9.17, 15) is 14.7 Å². The van der Waals surface area contributed by atoms with Gasteiger partial charge < -0.3 is 10.4 Å². The van der Waals surface area contributed by atoms with Gasteiger partial charge in [-0.1, -0.05) is 37.6 Å². The van der Waals surface area contributed by atoms with Crippen molar-refractivity contribution in [2.75, 3.05) is 13.1 Å². The summed E-state index contributed by atoms with van der Waals surface area (Å²) in [4.78, 5) is 26.6. The first-order chi connectivity index (χ1) is 12.4. The average molecular weight is 395 g/mol. The number of fused-ring (bicyclic) bond motifs is 1. The Morgan fingerprint density at radius 3 is 2.52 bits per heavy atom. The summed E-state index contributed by atoms with van der Waals surface area (Å²) < 4.78 is 0. The topological polar surface area (TPSA) is 69.6 Å². The Morgan fingerprint density at radius 2 is 1.96 bits per heavy atom. The maximum absolute atomic E-state index is 12.7. The minimum absolute atomic E-state index is 0. The number of carboxylic acids is 1. The van der Waals surface area contributed by atoms with Crippen molar-refractivity contribution >= 4 is 24.3 Å². The highest BCUT2D eigenvalue weighted by atomic mass is 35.5. The second-order valence-electron chi connectivity index (χ2n) is 7.98. The number of hydrogen-bond acceptors (Lipinski definition) is 3. The monoisotopic (exact) mass is 394 g/mol. The van der Waals surface area contributed by atoms with Crippen LogP contribution in [-0.4, -0.2) is 41.0 Å². The summed E-state index contributed by atoms with van der Waals surface area (Å²) in [5, 5.41) is 12.8. The number of likely N-dealkylation sites (tertiary alicyclic amines) is 1. The third-order valence-electron chi connectivity index (χ3n) is 6.50. The van der Waals surface area contributed by atoms with Crippen LogP contribution in [-0.2, 0) is 16.0 Å². The van der Waals surface area contributed by atoms with Gasteiger partial charge in [0.15, 0.2) is 0 Å². The molecule has 5 nitrogen and oxygen atoms in total. The summed E-state index contributed by atoms with van der Waals surface area (Å²) >= 11 is 0. The summed E-state index contributed by atoms with van der Waals surface area (Å²) in [6, 6.07) is 7.95. The molecule has 0 spiro atoms. The Hall–Kier alpha value is -1.59. The van der Waals surface area contributed by atoms with Gasteiger partial charge in [0, 0.05) is 13.1 Å². The molecule has 0 bridgehead atoms. The summed E-state index contributed by atoms with van der Waals surface area (Å²) in [7, 11) is 0. The molecule has 27 heavy (non-hydrogen) atoms. The van der Waals surface area contributed by atoms with Gasteiger partial charge in [-0.05, 0) is 50.2 Å². The van der Waals surface area contributed by atoms with Gasteiger partial charge in [-0.25, -0.2) is 0 Å². The standard InChI is InChI=1S/C21H30N2O3.ClH/c1-4-16-7-9-17(10-8-16)14(2)22-19(24)15(3)23-12-18-6-5-11-21(18,13-23)20(25)26;/h7-10,14-15,18H,4-6,11-13H2,1-3H3,(H,22,24)(H,25,26);1H/t14?,15?,18-,21+;/m0./s1. The van der Waals surface area contributed by atoms with Crippen LogP contribution >= 0.6 is 12.4 Å². The lowest BCUT2D eigenvalue weighted by Gasteiger charge is -2.27. The van der Waals surface area contributed by atoms with Crippen molar-refractivity contribution in [1.82, 2.24) is 10.2 Å². The molecule has 1 aromatic rings. The third-order valence-corrected chi connectivity index (χ3v) is 6.50. The van der Waals surface area contributed by atoms with Gasteiger partial charge >= 0.3 is 5.97 Å². The van der Waals surface area contributed by atoms with E-state index in [4.69, 9.17) is 0 Å². The molecule has 0 aromatic heterocycles. The summed E-state index contributed by atoms with van der Waals surface area (Å²) in [6.07, 6.45) is 3.67. The Kier molecular flexibility index (Phi) is 6.92. The molecule has 1 aliphatic heterocycles. The molecule has 1 saturated carbocycles. The molecule has 1 amide bonds. The minimum atomic E-state index is -0.695. The fourth-order valence-electron chi connectivity index (χ4n) is 4.60. The number of benzene rings is 1. The second-order valence-corrected chi connectivity index (χ2v) is 7.98. The Bertz CT molecular complexity index is 679. The second kappa shape index (κ2) is 8.61. The lowest BCUT2D eigenvalue weighted by molar-refractivity contribution is -0.149. The van der Waals surface area contributed by atoms with Crippen LogP contribution in [0.2, 0.25) is 0 Å². The van der Waals surface area contributed by atoms with Crippen LogP contribution in [0.3, 0.4) is 0 Å². The zero-order valence-corrected chi connectivity index (χ0v) is 17.2. The molecule has 0 radical (unpaired) electrons. The smallest absolute Gasteiger partial charge is 0.311 e. The Morgan fingerprint density at radius 1 is 1.30 bits per heavy atom. The predicted molar refractivity (Wildman–Crippen MR) is 108 cm³/mol. The molecule has 2 unspecified atom stereocenters. The number of carboxylic acid groups (broad SMARTS) is 1. The molecule has 4 atom stereocenters. The van der Waals surface area contributed by atoms with Crippen molar-refractivity contribution in [2.24, 2.45) is 11.3 Å². The van der Waals surface area contributed by atoms with Crippen LogP contribution in [0.15, 0.2) is 24.3 Å². The number of rotatable bonds is 6. The molecule has 2 aliphatic rings. The van der Waals surface area contributed by atoms with E-state index >= 15 is 0 Å². The number of hydrogen-bond donors (Lipinski definition) is 2. The SMILES string of the molecule is CCc1ccc(C(C)NC(=O)C(C)N2C[C@@H]3CCC[C@@]3(C(=O)O)C2)cc1.Cl. The number of amides is 1. The average Bonchev–Trinajstić information content (AvgIpc) is 3.19. The van der Waals surface area contributed by atoms with Crippen molar-refractivity contribution in [2.45, 2.75) is 58.5 Å². The zero-order valence-electron chi connectivity index (χ0n) is 16.4. The van der Waals surface area contributed by atoms with Crippen molar-refractivity contribution in [3.63, 3.8) is 0 Å². The van der Waals surface area contributed by atoms with E-state index < -0.39 is 11.4 Å². The molecular weight excluding hydrogens is 364 g/mol. The van der Waals surface area contributed by atoms with Crippen LogP contribution in [0, 0.1) is 11.3 Å². The number of aryl methyl sites for hydroxylation is 1. The van der Waals surface area contributed by atoms with Gasteiger partial charge in [0.2, 0.25) is 5.91 Å². The summed E-state index contributed by atoms with van der Waals surface area (Å²) in [5.74, 6) is -0.550. The Labute approximate surface area is 167 Å². The first kappa shape index (κ1) is 21.7. The van der Waals surface area contributed by atoms with E-state index in [1.807, 2.05) is 13.8 Å². The zero-order chi connectivity index (χ0) is 18.9. The highest BCUT2D eigenvalue weighted by Gasteiger charge is 2.55. The van der Waals surface area contributed by atoms with Gasteiger partial charge in [-0.3, -0.25) is 14.5 Å². The van der Waals surface area contributed by atoms with Crippen LogP contribution < -0.4 is 5.32 Å². The fourth-order valence-corrected chi connectivity index (χ4v) is 4.60. The molecular formula is C21H31ClN2O3. The van der Waals surface area contributed by atoms with Crippen LogP contribution in [0.25, 0.3) is 0 Å². The number of carbonyl (C=O) groups excluding carboxylic acids is 1. The van der Waals surface area contributed by atoms with Gasteiger partial charge in [0.05, 0.1) is 17.5 Å². The van der Waals surface area contributed by atoms with E-state index in [-0.39, 0.29) is 36.3 Å². The lowest BCUT2D eigenvalue weighted by atomic mass is 9.81. The van der Waals surface area contributed by atoms with E-state index in [1.54, 1.807) is 0 Å². The molecule has 1 aromatic carbocycles. The molecule has 150 valence electrons. The minimum Gasteiger partial charge on any atom is -0.481 e. The normalized spacial score (nSPS) is 26.7. The number of carbonyl (C=O) groups is 2. The molecule has 2 fully saturated rings. The first-order valence-electron chi connectivity index (χ1n) is 9.74. The van der Waals surface area contributed by atoms with Crippen molar-refractivity contribution in [3.8, 4) is 0 Å². The fraction of sp³-hybridized carbons (Fsp3) is 0.619. The maximum Gasteiger partial charge on any atom is 0.311 e. The first-order valence-corrected chi connectivity index (χ1v) is 9.74. The van der Waals surface area contributed by atoms with Crippen LogP contribution in [0.5, 0.6) is 0 Å². The third kappa shape index (κ3) is 4.14. The van der Waals surface area contributed by atoms with E-state index in [1.165, 1.54) is 5.56 Å². The van der Waals surface area contributed by atoms with E-state index in [0.29, 0.717) is 13.1 Å². The number of nitrogens with one attached hydrogen (secondary N) is 1. The van der Waals surface area contributed by atoms with E-state index in [2.05, 4.69) is 41.4 Å². The molecule has 1 heterocycles. The summed E-state index contributed by atoms with van der Waals surface area (Å²) in [5.41, 5.74) is 1.72. The highest BCUT2D eigenvalue weighted by Crippen LogP contribution is 2.49. The van der Waals surface area contributed by atoms with E-state index in [0.717, 1.165) is 31.2 Å². The van der Waals surface area contributed by atoms with Crippen LogP contribution in [0.4, 0.5) is 0 Å². The summed E-state index contributed by atoms with van der Waals surface area (Å²) in [6.45, 7) is 7.20. The largest absolute Gasteiger partial charge is 0.481 e. The number of halogens is 1. The van der Waals surface area contributed by atoms with Gasteiger partial charge in [0.25, 0.3) is 0 Å². The van der Waals surface area contributed by atoms with Crippen molar-refractivity contribution < 1.29 is 14.7 Å². The number of nitrogens with zero attached hydrogens (tertiary/aromatic N) is 1. The van der Waals surface area contributed by atoms with Gasteiger partial charge in [0.1, 0.15) is 0 Å². The molecule has 3 rings (SSSR count). The Balaban J connectivity index is 0.00000261. The van der Waals surface area contributed by atoms with Gasteiger partial charge in [-0.15, -0.1) is 12.4 Å². The van der Waals surface area contributed by atoms with Crippen molar-refractivity contribution in [3.05, 3.63) is 35.4 Å². The highest BCUT2D eigenvalue weighted by molar-refractivity contribution is 5.85. The maximum atomic E-state index is 12.7. The molecule has 1 aliphatic carbocycles. The predicted octanol–water partition coefficient (Wildman–Crippen LogP) is 3.42. The number of aliphatic carboxylic acids is 1. The lowest BCUT2D eigenvalue weighted by Crippen LogP contribution is -2.46. The van der Waals surface area contributed by atoms with Gasteiger partial charge in [-0.2, -0.15) is 0 Å².